The van der Waals surface area contributed by atoms with E-state index in [0.717, 1.165) is 0 Å². The second-order valence-electron chi connectivity index (χ2n) is 2.85. The highest BCUT2D eigenvalue weighted by Crippen LogP contribution is 2.24. The molecule has 5 heteroatoms. The number of aromatic nitrogens is 1. The Bertz CT molecular complexity index is 496. The van der Waals surface area contributed by atoms with Crippen LogP contribution in [-0.4, -0.2) is 16.1 Å². The number of carbonyl (C=O) groups is 1. The van der Waals surface area contributed by atoms with Crippen LogP contribution >= 0.6 is 11.3 Å². The fourth-order valence-corrected chi connectivity index (χ4v) is 1.79. The molecule has 2 rings (SSSR count). The molecule has 0 saturated carbocycles. The van der Waals surface area contributed by atoms with Crippen molar-refractivity contribution in [1.82, 2.24) is 4.98 Å². The van der Waals surface area contributed by atoms with Crippen molar-refractivity contribution in [3.05, 3.63) is 40.5 Å². The first-order chi connectivity index (χ1) is 7.20. The van der Waals surface area contributed by atoms with Gasteiger partial charge in [0.1, 0.15) is 5.82 Å². The summed E-state index contributed by atoms with van der Waals surface area (Å²) in [4.78, 5) is 14.6. The Morgan fingerprint density at radius 1 is 1.47 bits per heavy atom. The van der Waals surface area contributed by atoms with Crippen molar-refractivity contribution in [3.8, 4) is 11.3 Å². The van der Waals surface area contributed by atoms with E-state index in [1.807, 2.05) is 0 Å². The SMILES string of the molecule is O=C(O)c1cccc(-c2cscn2)c1F. The number of carboxylic acids is 1. The van der Waals surface area contributed by atoms with E-state index in [0.29, 0.717) is 5.69 Å². The summed E-state index contributed by atoms with van der Waals surface area (Å²) in [6, 6.07) is 4.24. The first kappa shape index (κ1) is 9.79. The molecule has 1 heterocycles. The summed E-state index contributed by atoms with van der Waals surface area (Å²) in [5, 5.41) is 10.4. The first-order valence-corrected chi connectivity index (χ1v) is 5.05. The maximum atomic E-state index is 13.7. The van der Waals surface area contributed by atoms with Crippen LogP contribution in [0.1, 0.15) is 10.4 Å². The van der Waals surface area contributed by atoms with Gasteiger partial charge >= 0.3 is 5.97 Å². The summed E-state index contributed by atoms with van der Waals surface area (Å²) in [6.07, 6.45) is 0. The summed E-state index contributed by atoms with van der Waals surface area (Å²) >= 11 is 1.33. The van der Waals surface area contributed by atoms with Gasteiger partial charge in [0.2, 0.25) is 0 Å². The van der Waals surface area contributed by atoms with Gasteiger partial charge in [0.15, 0.2) is 0 Å². The van der Waals surface area contributed by atoms with E-state index < -0.39 is 11.8 Å². The van der Waals surface area contributed by atoms with Gasteiger partial charge in [-0.3, -0.25) is 0 Å². The van der Waals surface area contributed by atoms with Gasteiger partial charge in [-0.25, -0.2) is 14.2 Å². The minimum atomic E-state index is -1.27. The Hall–Kier alpha value is -1.75. The maximum Gasteiger partial charge on any atom is 0.338 e. The monoisotopic (exact) mass is 223 g/mol. The lowest BCUT2D eigenvalue weighted by atomic mass is 10.1. The van der Waals surface area contributed by atoms with Gasteiger partial charge in [-0.2, -0.15) is 0 Å². The molecule has 0 unspecified atom stereocenters. The molecule has 1 N–H and O–H groups in total. The summed E-state index contributed by atoms with van der Waals surface area (Å²) in [5.74, 6) is -2.01. The van der Waals surface area contributed by atoms with Gasteiger partial charge in [0.05, 0.1) is 16.8 Å². The molecule has 1 aromatic heterocycles. The van der Waals surface area contributed by atoms with E-state index in [1.54, 1.807) is 10.9 Å². The highest BCUT2D eigenvalue weighted by Gasteiger charge is 2.15. The lowest BCUT2D eigenvalue weighted by molar-refractivity contribution is 0.0692. The summed E-state index contributed by atoms with van der Waals surface area (Å²) in [5.41, 5.74) is 1.92. The lowest BCUT2D eigenvalue weighted by Gasteiger charge is -2.02. The smallest absolute Gasteiger partial charge is 0.338 e. The van der Waals surface area contributed by atoms with Gasteiger partial charge in [-0.1, -0.05) is 6.07 Å². The molecule has 0 saturated heterocycles. The van der Waals surface area contributed by atoms with E-state index in [1.165, 1.54) is 29.5 Å². The van der Waals surface area contributed by atoms with Gasteiger partial charge in [-0.15, -0.1) is 11.3 Å². The number of carboxylic acid groups (broad SMARTS) is 1. The third-order valence-electron chi connectivity index (χ3n) is 1.94. The number of rotatable bonds is 2. The fourth-order valence-electron chi connectivity index (χ4n) is 1.24. The van der Waals surface area contributed by atoms with E-state index in [4.69, 9.17) is 5.11 Å². The molecule has 0 fully saturated rings. The Morgan fingerprint density at radius 2 is 2.27 bits per heavy atom. The zero-order valence-corrected chi connectivity index (χ0v) is 8.29. The molecular formula is C10H6FNO2S. The van der Waals surface area contributed by atoms with Crippen LogP contribution in [0.5, 0.6) is 0 Å². The van der Waals surface area contributed by atoms with Crippen molar-refractivity contribution in [1.29, 1.82) is 0 Å². The average molecular weight is 223 g/mol. The highest BCUT2D eigenvalue weighted by molar-refractivity contribution is 7.07. The second-order valence-corrected chi connectivity index (χ2v) is 3.56. The van der Waals surface area contributed by atoms with Gasteiger partial charge < -0.3 is 5.11 Å². The zero-order valence-electron chi connectivity index (χ0n) is 7.48. The Labute approximate surface area is 88.8 Å². The normalized spacial score (nSPS) is 10.2. The summed E-state index contributed by atoms with van der Waals surface area (Å²) in [7, 11) is 0. The van der Waals surface area contributed by atoms with Crippen LogP contribution in [-0.2, 0) is 0 Å². The van der Waals surface area contributed by atoms with Gasteiger partial charge in [0.25, 0.3) is 0 Å². The van der Waals surface area contributed by atoms with Crippen molar-refractivity contribution in [2.75, 3.05) is 0 Å². The average Bonchev–Trinajstić information content (AvgIpc) is 2.70. The largest absolute Gasteiger partial charge is 0.478 e. The number of hydrogen-bond donors (Lipinski definition) is 1. The molecule has 3 nitrogen and oxygen atoms in total. The minimum absolute atomic E-state index is 0.219. The topological polar surface area (TPSA) is 50.2 Å². The van der Waals surface area contributed by atoms with Crippen LogP contribution in [0.3, 0.4) is 0 Å². The first-order valence-electron chi connectivity index (χ1n) is 4.10. The highest BCUT2D eigenvalue weighted by atomic mass is 32.1. The van der Waals surface area contributed by atoms with Gasteiger partial charge in [-0.05, 0) is 12.1 Å². The second kappa shape index (κ2) is 3.78. The molecule has 15 heavy (non-hydrogen) atoms. The lowest BCUT2D eigenvalue weighted by Crippen LogP contribution is -2.01. The van der Waals surface area contributed by atoms with E-state index in [9.17, 15) is 9.18 Å². The number of halogens is 1. The molecule has 0 aliphatic rings. The Morgan fingerprint density at radius 3 is 2.87 bits per heavy atom. The predicted octanol–water partition coefficient (Wildman–Crippen LogP) is 2.65. The number of aromatic carboxylic acids is 1. The van der Waals surface area contributed by atoms with Crippen LogP contribution in [0.2, 0.25) is 0 Å². The summed E-state index contributed by atoms with van der Waals surface area (Å²) in [6.45, 7) is 0. The molecule has 2 aromatic rings. The Balaban J connectivity index is 2.59. The van der Waals surface area contributed by atoms with Crippen molar-refractivity contribution in [2.45, 2.75) is 0 Å². The number of nitrogens with zero attached hydrogens (tertiary/aromatic N) is 1. The minimum Gasteiger partial charge on any atom is -0.478 e. The number of benzene rings is 1. The van der Waals surface area contributed by atoms with Crippen molar-refractivity contribution in [2.24, 2.45) is 0 Å². The standard InChI is InChI=1S/C10H6FNO2S/c11-9-6(8-4-15-5-12-8)2-1-3-7(9)10(13)14/h1-5H,(H,13,14). The molecule has 0 radical (unpaired) electrons. The van der Waals surface area contributed by atoms with Crippen LogP contribution < -0.4 is 0 Å². The van der Waals surface area contributed by atoms with Crippen LogP contribution in [0.4, 0.5) is 4.39 Å². The molecule has 0 aliphatic carbocycles. The van der Waals surface area contributed by atoms with Gasteiger partial charge in [0, 0.05) is 10.9 Å². The maximum absolute atomic E-state index is 13.7. The fraction of sp³-hybridized carbons (Fsp3) is 0. The zero-order chi connectivity index (χ0) is 10.8. The molecule has 76 valence electrons. The van der Waals surface area contributed by atoms with E-state index in [2.05, 4.69) is 4.98 Å². The Kier molecular flexibility index (Phi) is 2.47. The van der Waals surface area contributed by atoms with Crippen LogP contribution in [0.15, 0.2) is 29.1 Å². The molecular weight excluding hydrogens is 217 g/mol. The quantitative estimate of drug-likeness (QED) is 0.851. The van der Waals surface area contributed by atoms with Crippen LogP contribution in [0.25, 0.3) is 11.3 Å². The third kappa shape index (κ3) is 1.73. The molecule has 0 atom stereocenters. The van der Waals surface area contributed by atoms with E-state index in [-0.39, 0.29) is 11.1 Å². The molecule has 0 amide bonds. The number of thiazole rings is 1. The molecule has 0 bridgehead atoms. The van der Waals surface area contributed by atoms with Crippen molar-refractivity contribution >= 4 is 17.3 Å². The molecule has 0 aliphatic heterocycles. The summed E-state index contributed by atoms with van der Waals surface area (Å²) < 4.78 is 13.7. The predicted molar refractivity (Wildman–Crippen MR) is 54.5 cm³/mol. The van der Waals surface area contributed by atoms with Crippen LogP contribution in [0, 0.1) is 5.82 Å². The number of hydrogen-bond acceptors (Lipinski definition) is 3. The van der Waals surface area contributed by atoms with Crippen molar-refractivity contribution < 1.29 is 14.3 Å². The van der Waals surface area contributed by atoms with E-state index >= 15 is 0 Å². The third-order valence-corrected chi connectivity index (χ3v) is 2.52. The molecule has 0 spiro atoms. The van der Waals surface area contributed by atoms with Crippen molar-refractivity contribution in [3.63, 3.8) is 0 Å². The molecule has 1 aromatic carbocycles.